The van der Waals surface area contributed by atoms with E-state index in [9.17, 15) is 9.90 Å². The van der Waals surface area contributed by atoms with Crippen molar-refractivity contribution in [2.24, 2.45) is 0 Å². The minimum absolute atomic E-state index is 0.181. The van der Waals surface area contributed by atoms with E-state index in [1.165, 1.54) is 0 Å². The molecule has 2 atom stereocenters. The van der Waals surface area contributed by atoms with E-state index in [0.717, 1.165) is 6.42 Å². The van der Waals surface area contributed by atoms with Crippen LogP contribution in [0.2, 0.25) is 0 Å². The molecule has 0 fully saturated rings. The molecule has 1 heterocycles. The maximum absolute atomic E-state index is 12.1. The van der Waals surface area contributed by atoms with Gasteiger partial charge in [-0.2, -0.15) is 0 Å². The maximum Gasteiger partial charge on any atom is 0.316 e. The van der Waals surface area contributed by atoms with E-state index in [2.05, 4.69) is 0 Å². The summed E-state index contributed by atoms with van der Waals surface area (Å²) in [5, 5.41) is 10.2. The van der Waals surface area contributed by atoms with Gasteiger partial charge in [0.05, 0.1) is 12.7 Å². The molecule has 0 bridgehead atoms. The highest BCUT2D eigenvalue weighted by molar-refractivity contribution is 5.79. The summed E-state index contributed by atoms with van der Waals surface area (Å²) in [6.07, 6.45) is 0.568. The number of carbonyl (C=O) groups excluding carboxylic acids is 1. The summed E-state index contributed by atoms with van der Waals surface area (Å²) in [6, 6.07) is 5.26. The second-order valence-corrected chi connectivity index (χ2v) is 4.70. The number of ether oxygens (including phenoxy) is 3. The van der Waals surface area contributed by atoms with Crippen molar-refractivity contribution in [3.8, 4) is 11.5 Å². The first-order valence-corrected chi connectivity index (χ1v) is 6.91. The summed E-state index contributed by atoms with van der Waals surface area (Å²) < 4.78 is 15.6. The van der Waals surface area contributed by atoms with Gasteiger partial charge in [-0.1, -0.05) is 19.4 Å². The SMILES string of the molecule is CCCC(O)C(C(=O)OCC)c1ccc2c(c1)OCO2. The molecule has 0 saturated carbocycles. The van der Waals surface area contributed by atoms with Gasteiger partial charge in [0.25, 0.3) is 0 Å². The van der Waals surface area contributed by atoms with Gasteiger partial charge in [-0.25, -0.2) is 0 Å². The van der Waals surface area contributed by atoms with Crippen LogP contribution in [0.3, 0.4) is 0 Å². The Balaban J connectivity index is 2.27. The zero-order valence-corrected chi connectivity index (χ0v) is 11.8. The molecule has 1 aromatic rings. The molecule has 0 saturated heterocycles. The van der Waals surface area contributed by atoms with Crippen LogP contribution in [-0.2, 0) is 9.53 Å². The molecule has 1 aromatic carbocycles. The standard InChI is InChI=1S/C15H20O5/c1-3-5-11(16)14(15(17)18-4-2)10-6-7-12-13(8-10)20-9-19-12/h6-8,11,14,16H,3-5,9H2,1-2H3. The molecule has 0 aliphatic carbocycles. The van der Waals surface area contributed by atoms with Gasteiger partial charge in [0.1, 0.15) is 5.92 Å². The highest BCUT2D eigenvalue weighted by Crippen LogP contribution is 2.36. The zero-order valence-electron chi connectivity index (χ0n) is 11.8. The first-order chi connectivity index (χ1) is 9.67. The minimum Gasteiger partial charge on any atom is -0.465 e. The summed E-state index contributed by atoms with van der Waals surface area (Å²) in [4.78, 5) is 12.1. The second-order valence-electron chi connectivity index (χ2n) is 4.70. The van der Waals surface area contributed by atoms with Crippen molar-refractivity contribution in [1.29, 1.82) is 0 Å². The Morgan fingerprint density at radius 3 is 2.80 bits per heavy atom. The second kappa shape index (κ2) is 6.61. The van der Waals surface area contributed by atoms with Crippen LogP contribution in [0.25, 0.3) is 0 Å². The Kier molecular flexibility index (Phi) is 4.84. The van der Waals surface area contributed by atoms with Crippen LogP contribution < -0.4 is 9.47 Å². The number of aliphatic hydroxyl groups excluding tert-OH is 1. The van der Waals surface area contributed by atoms with Crippen LogP contribution in [0.15, 0.2) is 18.2 Å². The van der Waals surface area contributed by atoms with E-state index >= 15 is 0 Å². The predicted octanol–water partition coefficient (Wildman–Crippen LogP) is 2.22. The van der Waals surface area contributed by atoms with Gasteiger partial charge in [-0.15, -0.1) is 0 Å². The number of hydrogen-bond acceptors (Lipinski definition) is 5. The molecular formula is C15H20O5. The third kappa shape index (κ3) is 3.04. The van der Waals surface area contributed by atoms with Crippen LogP contribution in [0, 0.1) is 0 Å². The summed E-state index contributed by atoms with van der Waals surface area (Å²) in [6.45, 7) is 4.19. The van der Waals surface area contributed by atoms with Crippen molar-refractivity contribution < 1.29 is 24.1 Å². The van der Waals surface area contributed by atoms with Gasteiger partial charge in [0, 0.05) is 0 Å². The molecule has 0 radical (unpaired) electrons. The first kappa shape index (κ1) is 14.7. The minimum atomic E-state index is -0.764. The van der Waals surface area contributed by atoms with Crippen molar-refractivity contribution in [3.05, 3.63) is 23.8 Å². The number of rotatable bonds is 6. The van der Waals surface area contributed by atoms with E-state index in [0.29, 0.717) is 30.1 Å². The van der Waals surface area contributed by atoms with Gasteiger partial charge < -0.3 is 19.3 Å². The predicted molar refractivity (Wildman–Crippen MR) is 72.9 cm³/mol. The molecule has 0 aromatic heterocycles. The molecule has 1 aliphatic rings. The molecule has 0 amide bonds. The van der Waals surface area contributed by atoms with Crippen LogP contribution in [-0.4, -0.2) is 30.6 Å². The maximum atomic E-state index is 12.1. The lowest BCUT2D eigenvalue weighted by Crippen LogP contribution is -2.28. The number of carbonyl (C=O) groups is 1. The number of benzene rings is 1. The fraction of sp³-hybridized carbons (Fsp3) is 0.533. The largest absolute Gasteiger partial charge is 0.465 e. The van der Waals surface area contributed by atoms with Gasteiger partial charge >= 0.3 is 5.97 Å². The Hall–Kier alpha value is -1.75. The first-order valence-electron chi connectivity index (χ1n) is 6.91. The summed E-state index contributed by atoms with van der Waals surface area (Å²) >= 11 is 0. The fourth-order valence-electron chi connectivity index (χ4n) is 2.32. The molecule has 0 spiro atoms. The normalized spacial score (nSPS) is 15.8. The quantitative estimate of drug-likeness (QED) is 0.809. The Labute approximate surface area is 118 Å². The third-order valence-corrected chi connectivity index (χ3v) is 3.27. The van der Waals surface area contributed by atoms with Gasteiger partial charge in [0.2, 0.25) is 6.79 Å². The lowest BCUT2D eigenvalue weighted by Gasteiger charge is -2.21. The van der Waals surface area contributed by atoms with Crippen molar-refractivity contribution in [3.63, 3.8) is 0 Å². The molecule has 20 heavy (non-hydrogen) atoms. The smallest absolute Gasteiger partial charge is 0.316 e. The highest BCUT2D eigenvalue weighted by atomic mass is 16.7. The molecule has 5 nitrogen and oxygen atoms in total. The lowest BCUT2D eigenvalue weighted by molar-refractivity contribution is -0.148. The Morgan fingerprint density at radius 1 is 1.35 bits per heavy atom. The van der Waals surface area contributed by atoms with E-state index < -0.39 is 18.0 Å². The van der Waals surface area contributed by atoms with Crippen molar-refractivity contribution >= 4 is 5.97 Å². The van der Waals surface area contributed by atoms with E-state index in [-0.39, 0.29) is 6.79 Å². The summed E-state index contributed by atoms with van der Waals surface area (Å²) in [5.74, 6) is 0.151. The van der Waals surface area contributed by atoms with Gasteiger partial charge in [-0.05, 0) is 31.0 Å². The van der Waals surface area contributed by atoms with Crippen LogP contribution in [0.4, 0.5) is 0 Å². The van der Waals surface area contributed by atoms with Gasteiger partial charge in [-0.3, -0.25) is 4.79 Å². The molecular weight excluding hydrogens is 260 g/mol. The molecule has 1 N–H and O–H groups in total. The molecule has 2 unspecified atom stereocenters. The van der Waals surface area contributed by atoms with Crippen LogP contribution in [0.1, 0.15) is 38.2 Å². The highest BCUT2D eigenvalue weighted by Gasteiger charge is 2.30. The molecule has 1 aliphatic heterocycles. The Morgan fingerprint density at radius 2 is 2.10 bits per heavy atom. The van der Waals surface area contributed by atoms with Gasteiger partial charge in [0.15, 0.2) is 11.5 Å². The summed E-state index contributed by atoms with van der Waals surface area (Å²) in [5.41, 5.74) is 0.689. The van der Waals surface area contributed by atoms with Crippen LogP contribution in [0.5, 0.6) is 11.5 Å². The number of esters is 1. The molecule has 5 heteroatoms. The molecule has 2 rings (SSSR count). The number of aliphatic hydroxyl groups is 1. The zero-order chi connectivity index (χ0) is 14.5. The third-order valence-electron chi connectivity index (χ3n) is 3.27. The van der Waals surface area contributed by atoms with E-state index in [1.807, 2.05) is 6.92 Å². The van der Waals surface area contributed by atoms with Crippen molar-refractivity contribution in [1.82, 2.24) is 0 Å². The number of hydrogen-bond donors (Lipinski definition) is 1. The van der Waals surface area contributed by atoms with E-state index in [1.54, 1.807) is 25.1 Å². The van der Waals surface area contributed by atoms with Crippen molar-refractivity contribution in [2.75, 3.05) is 13.4 Å². The average Bonchev–Trinajstić information content (AvgIpc) is 2.87. The van der Waals surface area contributed by atoms with Crippen LogP contribution >= 0.6 is 0 Å². The lowest BCUT2D eigenvalue weighted by atomic mass is 9.90. The monoisotopic (exact) mass is 280 g/mol. The fourth-order valence-corrected chi connectivity index (χ4v) is 2.32. The Bertz CT molecular complexity index is 471. The topological polar surface area (TPSA) is 65.0 Å². The molecule has 110 valence electrons. The number of fused-ring (bicyclic) bond motifs is 1. The average molecular weight is 280 g/mol. The van der Waals surface area contributed by atoms with E-state index in [4.69, 9.17) is 14.2 Å². The summed E-state index contributed by atoms with van der Waals surface area (Å²) in [7, 11) is 0. The van der Waals surface area contributed by atoms with Crippen molar-refractivity contribution in [2.45, 2.75) is 38.7 Å².